The minimum Gasteiger partial charge on any atom is -0.507 e. The van der Waals surface area contributed by atoms with Crippen LogP contribution in [0.3, 0.4) is 0 Å². The van der Waals surface area contributed by atoms with Crippen LogP contribution in [-0.4, -0.2) is 38.9 Å². The van der Waals surface area contributed by atoms with Crippen molar-refractivity contribution in [3.8, 4) is 5.75 Å². The van der Waals surface area contributed by atoms with Gasteiger partial charge in [0.1, 0.15) is 5.75 Å². The molecule has 0 aliphatic carbocycles. The molecule has 1 nitrogen and oxygen atoms in total. The molecule has 53 valence electrons. The molecular formula is C7H6NaOS2. The van der Waals surface area contributed by atoms with E-state index in [4.69, 9.17) is 17.3 Å². The normalized spacial score (nSPS) is 8.45. The topological polar surface area (TPSA) is 20.2 Å². The van der Waals surface area contributed by atoms with E-state index in [-0.39, 0.29) is 35.3 Å². The summed E-state index contributed by atoms with van der Waals surface area (Å²) in [5, 5.41) is 9.14. The Morgan fingerprint density at radius 1 is 1.36 bits per heavy atom. The molecule has 11 heavy (non-hydrogen) atoms. The summed E-state index contributed by atoms with van der Waals surface area (Å²) < 4.78 is 0.415. The van der Waals surface area contributed by atoms with E-state index < -0.39 is 0 Å². The first-order chi connectivity index (χ1) is 4.72. The molecule has 1 aromatic carbocycles. The molecule has 0 saturated heterocycles. The zero-order chi connectivity index (χ0) is 7.56. The van der Waals surface area contributed by atoms with Crippen LogP contribution in [0.25, 0.3) is 0 Å². The summed E-state index contributed by atoms with van der Waals surface area (Å²) >= 11 is 8.68. The molecule has 0 unspecified atom stereocenters. The Hall–Kier alpha value is 0.460. The van der Waals surface area contributed by atoms with Gasteiger partial charge in [0.25, 0.3) is 0 Å². The Labute approximate surface area is 98.5 Å². The molecule has 0 spiro atoms. The maximum absolute atomic E-state index is 9.14. The van der Waals surface area contributed by atoms with Gasteiger partial charge >= 0.3 is 0 Å². The molecule has 0 bridgehead atoms. The second kappa shape index (κ2) is 5.17. The number of rotatable bonds is 1. The van der Waals surface area contributed by atoms with Crippen LogP contribution < -0.4 is 0 Å². The van der Waals surface area contributed by atoms with Gasteiger partial charge in [-0.05, 0) is 12.1 Å². The number of benzene rings is 1. The van der Waals surface area contributed by atoms with Crippen molar-refractivity contribution in [3.63, 3.8) is 0 Å². The second-order valence-electron chi connectivity index (χ2n) is 1.82. The van der Waals surface area contributed by atoms with Crippen molar-refractivity contribution in [2.24, 2.45) is 0 Å². The largest absolute Gasteiger partial charge is 0.507 e. The maximum Gasteiger partial charge on any atom is 0.124 e. The molecule has 0 amide bonds. The van der Waals surface area contributed by atoms with Crippen LogP contribution in [-0.2, 0) is 0 Å². The van der Waals surface area contributed by atoms with Crippen molar-refractivity contribution in [1.82, 2.24) is 0 Å². The van der Waals surface area contributed by atoms with Crippen molar-refractivity contribution >= 4 is 58.6 Å². The fourth-order valence-corrected chi connectivity index (χ4v) is 1.02. The average Bonchev–Trinajstić information content (AvgIpc) is 1.88. The van der Waals surface area contributed by atoms with E-state index in [0.717, 1.165) is 0 Å². The fraction of sp³-hybridized carbons (Fsp3) is 0. The summed E-state index contributed by atoms with van der Waals surface area (Å²) in [4.78, 5) is 0. The summed E-state index contributed by atoms with van der Waals surface area (Å²) in [6.07, 6.45) is 0. The van der Waals surface area contributed by atoms with Gasteiger partial charge in [-0.15, -0.1) is 12.6 Å². The van der Waals surface area contributed by atoms with E-state index in [1.165, 1.54) is 0 Å². The van der Waals surface area contributed by atoms with Gasteiger partial charge in [0, 0.05) is 35.1 Å². The first-order valence-electron chi connectivity index (χ1n) is 2.73. The molecule has 0 aliphatic heterocycles. The summed E-state index contributed by atoms with van der Waals surface area (Å²) in [6, 6.07) is 6.85. The van der Waals surface area contributed by atoms with E-state index in [1.54, 1.807) is 24.3 Å². The van der Waals surface area contributed by atoms with Crippen molar-refractivity contribution in [2.45, 2.75) is 0 Å². The molecule has 4 heteroatoms. The van der Waals surface area contributed by atoms with Gasteiger partial charge in [-0.3, -0.25) is 0 Å². The van der Waals surface area contributed by atoms with Gasteiger partial charge in [-0.25, -0.2) is 0 Å². The Balaban J connectivity index is 0.000001000. The van der Waals surface area contributed by atoms with E-state index in [2.05, 4.69) is 12.6 Å². The SMILES string of the molecule is Oc1ccccc1C(=S)S.[Na]. The van der Waals surface area contributed by atoms with Crippen molar-refractivity contribution in [2.75, 3.05) is 0 Å². The minimum absolute atomic E-state index is 0. The van der Waals surface area contributed by atoms with Crippen LogP contribution >= 0.6 is 24.8 Å². The summed E-state index contributed by atoms with van der Waals surface area (Å²) in [6.45, 7) is 0. The molecule has 0 aromatic heterocycles. The number of para-hydroxylation sites is 1. The summed E-state index contributed by atoms with van der Waals surface area (Å²) in [5.41, 5.74) is 0.612. The fourth-order valence-electron chi connectivity index (χ4n) is 0.654. The molecule has 0 heterocycles. The molecule has 1 radical (unpaired) electrons. The van der Waals surface area contributed by atoms with E-state index in [0.29, 0.717) is 9.76 Å². The molecule has 0 atom stereocenters. The number of phenols is 1. The smallest absolute Gasteiger partial charge is 0.124 e. The third-order valence-electron chi connectivity index (χ3n) is 1.13. The number of aromatic hydroxyl groups is 1. The number of hydrogen-bond acceptors (Lipinski definition) is 2. The summed E-state index contributed by atoms with van der Waals surface area (Å²) in [5.74, 6) is 0.183. The number of thiocarbonyl (C=S) groups is 1. The van der Waals surface area contributed by atoms with E-state index in [1.807, 2.05) is 0 Å². The van der Waals surface area contributed by atoms with Crippen LogP contribution in [0.2, 0.25) is 0 Å². The molecule has 1 aromatic rings. The predicted octanol–water partition coefficient (Wildman–Crippen LogP) is 1.62. The molecule has 1 N–H and O–H groups in total. The monoisotopic (exact) mass is 193 g/mol. The van der Waals surface area contributed by atoms with Crippen LogP contribution in [0.5, 0.6) is 5.75 Å². The molecular weight excluding hydrogens is 187 g/mol. The Bertz CT molecular complexity index is 262. The van der Waals surface area contributed by atoms with Gasteiger partial charge in [-0.2, -0.15) is 0 Å². The van der Waals surface area contributed by atoms with E-state index in [9.17, 15) is 0 Å². The van der Waals surface area contributed by atoms with Gasteiger partial charge < -0.3 is 5.11 Å². The molecule has 1 rings (SSSR count). The number of hydrogen-bond donors (Lipinski definition) is 2. The van der Waals surface area contributed by atoms with Gasteiger partial charge in [0.2, 0.25) is 0 Å². The van der Waals surface area contributed by atoms with Crippen molar-refractivity contribution in [3.05, 3.63) is 29.8 Å². The number of phenolic OH excluding ortho intramolecular Hbond substituents is 1. The Morgan fingerprint density at radius 3 is 2.27 bits per heavy atom. The average molecular weight is 193 g/mol. The standard InChI is InChI=1S/C7H6OS2.Na/c8-6-4-2-1-3-5(6)7(9)10;/h1-4,8H,(H,9,10);. The van der Waals surface area contributed by atoms with Crippen LogP contribution in [0.15, 0.2) is 24.3 Å². The first-order valence-corrected chi connectivity index (χ1v) is 3.58. The zero-order valence-electron chi connectivity index (χ0n) is 6.11. The van der Waals surface area contributed by atoms with Crippen molar-refractivity contribution < 1.29 is 5.11 Å². The zero-order valence-corrected chi connectivity index (χ0v) is 9.82. The maximum atomic E-state index is 9.14. The van der Waals surface area contributed by atoms with Gasteiger partial charge in [-0.1, -0.05) is 24.4 Å². The third kappa shape index (κ3) is 3.13. The van der Waals surface area contributed by atoms with E-state index >= 15 is 0 Å². The summed E-state index contributed by atoms with van der Waals surface area (Å²) in [7, 11) is 0. The Kier molecular flexibility index (Phi) is 5.38. The van der Waals surface area contributed by atoms with Crippen LogP contribution in [0.4, 0.5) is 0 Å². The van der Waals surface area contributed by atoms with Gasteiger partial charge in [0.15, 0.2) is 0 Å². The van der Waals surface area contributed by atoms with Gasteiger partial charge in [0.05, 0.1) is 4.20 Å². The molecule has 0 aliphatic rings. The molecule has 0 fully saturated rings. The molecule has 0 saturated carbocycles. The number of thiol groups is 1. The third-order valence-corrected chi connectivity index (χ3v) is 1.60. The van der Waals surface area contributed by atoms with Crippen LogP contribution in [0, 0.1) is 0 Å². The second-order valence-corrected chi connectivity index (χ2v) is 2.98. The van der Waals surface area contributed by atoms with Crippen LogP contribution in [0.1, 0.15) is 5.56 Å². The first kappa shape index (κ1) is 11.5. The Morgan fingerprint density at radius 2 is 1.91 bits per heavy atom. The quantitative estimate of drug-likeness (QED) is 0.401. The van der Waals surface area contributed by atoms with Crippen molar-refractivity contribution in [1.29, 1.82) is 0 Å². The minimum atomic E-state index is 0. The predicted molar refractivity (Wildman–Crippen MR) is 54.5 cm³/mol.